The number of nitrogens with one attached hydrogen (secondary N) is 2. The van der Waals surface area contributed by atoms with E-state index >= 15 is 0 Å². The minimum absolute atomic E-state index is 0.0480. The largest absolute Gasteiger partial charge is 0.382 e. The van der Waals surface area contributed by atoms with Crippen LogP contribution in [0.15, 0.2) is 71.4 Å². The van der Waals surface area contributed by atoms with Gasteiger partial charge < -0.3 is 46.8 Å². The van der Waals surface area contributed by atoms with E-state index in [1.807, 2.05) is 20.2 Å². The van der Waals surface area contributed by atoms with Crippen LogP contribution in [0.4, 0.5) is 23.0 Å². The number of amides is 2. The van der Waals surface area contributed by atoms with Gasteiger partial charge in [-0.1, -0.05) is 13.8 Å². The number of nitrogens with two attached hydrogens (primary N) is 3. The van der Waals surface area contributed by atoms with E-state index in [1.165, 1.54) is 29.3 Å². The monoisotopic (exact) mass is 1010 g/mol. The number of aromatic nitrogens is 10. The fourth-order valence-electron chi connectivity index (χ4n) is 10.1. The number of nitrogens with zero attached hydrogens (tertiary/aromatic N) is 12. The lowest BCUT2D eigenvalue weighted by atomic mass is 9.88. The molecule has 0 bridgehead atoms. The number of anilines is 4. The summed E-state index contributed by atoms with van der Waals surface area (Å²) in [6, 6.07) is 9.51. The van der Waals surface area contributed by atoms with E-state index in [4.69, 9.17) is 17.2 Å². The minimum Gasteiger partial charge on any atom is -0.382 e. The summed E-state index contributed by atoms with van der Waals surface area (Å²) in [7, 11) is 0. The van der Waals surface area contributed by atoms with E-state index in [2.05, 4.69) is 116 Å². The van der Waals surface area contributed by atoms with E-state index in [1.54, 1.807) is 35.3 Å². The fraction of sp³-hybridized carbons (Fsp3) is 0.412. The molecule has 4 aliphatic rings. The van der Waals surface area contributed by atoms with Crippen LogP contribution in [-0.4, -0.2) is 105 Å². The molecule has 2 atom stereocenters. The van der Waals surface area contributed by atoms with Crippen molar-refractivity contribution in [2.24, 2.45) is 11.1 Å². The Balaban J connectivity index is 0.000000156. The molecule has 0 spiro atoms. The van der Waals surface area contributed by atoms with Crippen LogP contribution in [0.2, 0.25) is 0 Å². The molecule has 2 saturated heterocycles. The normalized spacial score (nSPS) is 19.8. The topological polar surface area (TPSA) is 256 Å². The molecule has 6 aromatic heterocycles. The maximum absolute atomic E-state index is 13.1. The van der Waals surface area contributed by atoms with E-state index in [-0.39, 0.29) is 17.9 Å². The van der Waals surface area contributed by atoms with Gasteiger partial charge in [0.2, 0.25) is 11.8 Å². The lowest BCUT2D eigenvalue weighted by Crippen LogP contribution is -2.56. The molecule has 72 heavy (non-hydrogen) atoms. The van der Waals surface area contributed by atoms with Gasteiger partial charge in [0, 0.05) is 71.5 Å². The Hall–Kier alpha value is -7.10. The molecule has 0 radical (unpaired) electrons. The van der Waals surface area contributed by atoms with Crippen molar-refractivity contribution in [2.45, 2.75) is 103 Å². The predicted octanol–water partition coefficient (Wildman–Crippen LogP) is 5.97. The number of hydrogen-bond acceptors (Lipinski definition) is 17. The van der Waals surface area contributed by atoms with Crippen molar-refractivity contribution in [3.8, 4) is 22.5 Å². The van der Waals surface area contributed by atoms with Gasteiger partial charge in [0.1, 0.15) is 29.2 Å². The zero-order valence-corrected chi connectivity index (χ0v) is 42.3. The quantitative estimate of drug-likeness (QED) is 0.0842. The smallest absolute Gasteiger partial charge is 0.242 e. The maximum atomic E-state index is 13.1. The Kier molecular flexibility index (Phi) is 12.6. The number of hydrogen-bond donors (Lipinski definition) is 5. The fourth-order valence-corrected chi connectivity index (χ4v) is 11.2. The van der Waals surface area contributed by atoms with Gasteiger partial charge in [-0.2, -0.15) is 0 Å². The highest BCUT2D eigenvalue weighted by Gasteiger charge is 2.45. The van der Waals surface area contributed by atoms with Crippen molar-refractivity contribution in [3.05, 3.63) is 93.6 Å². The first-order valence-corrected chi connectivity index (χ1v) is 26.6. The number of thiazole rings is 2. The third-order valence-corrected chi connectivity index (χ3v) is 15.8. The predicted molar refractivity (Wildman–Crippen MR) is 283 cm³/mol. The molecule has 2 aliphatic carbocycles. The zero-order chi connectivity index (χ0) is 49.7. The Morgan fingerprint density at radius 2 is 1.14 bits per heavy atom. The molecule has 2 aromatic carbocycles. The molecule has 12 rings (SSSR count). The second-order valence-electron chi connectivity index (χ2n) is 19.9. The molecule has 21 heteroatoms. The molecule has 0 unspecified atom stereocenters. The Morgan fingerprint density at radius 3 is 1.61 bits per heavy atom. The Morgan fingerprint density at radius 1 is 0.653 bits per heavy atom. The molecule has 8 aromatic rings. The van der Waals surface area contributed by atoms with Crippen molar-refractivity contribution in [1.29, 1.82) is 0 Å². The van der Waals surface area contributed by atoms with Gasteiger partial charge in [-0.05, 0) is 105 Å². The van der Waals surface area contributed by atoms with Gasteiger partial charge in [-0.15, -0.1) is 22.7 Å². The Labute approximate surface area is 424 Å². The van der Waals surface area contributed by atoms with Crippen LogP contribution in [-0.2, 0) is 35.5 Å². The van der Waals surface area contributed by atoms with Crippen LogP contribution in [0, 0.1) is 5.41 Å². The molecule has 2 amide bonds. The molecule has 4 fully saturated rings. The van der Waals surface area contributed by atoms with Crippen LogP contribution in [0.5, 0.6) is 0 Å². The summed E-state index contributed by atoms with van der Waals surface area (Å²) in [6.07, 6.45) is 13.9. The third-order valence-electron chi connectivity index (χ3n) is 14.7. The van der Waals surface area contributed by atoms with E-state index in [0.29, 0.717) is 79.1 Å². The molecule has 8 heterocycles. The summed E-state index contributed by atoms with van der Waals surface area (Å²) in [4.78, 5) is 65.8. The molecular weight excluding hydrogens is 947 g/mol. The second-order valence-corrected chi connectivity index (χ2v) is 21.3. The van der Waals surface area contributed by atoms with Gasteiger partial charge >= 0.3 is 0 Å². The number of imidazole rings is 2. The summed E-state index contributed by atoms with van der Waals surface area (Å²) < 4.78 is 4.03. The highest BCUT2D eigenvalue weighted by atomic mass is 32.1. The molecular formula is C51H59N17O2S2. The van der Waals surface area contributed by atoms with Crippen LogP contribution in [0.25, 0.3) is 44.8 Å². The van der Waals surface area contributed by atoms with Crippen molar-refractivity contribution in [3.63, 3.8) is 0 Å². The van der Waals surface area contributed by atoms with Gasteiger partial charge in [0.15, 0.2) is 22.9 Å². The van der Waals surface area contributed by atoms with Gasteiger partial charge in [-0.25, -0.2) is 39.9 Å². The number of benzene rings is 2. The highest BCUT2D eigenvalue weighted by molar-refractivity contribution is 7.08. The minimum atomic E-state index is -0.910. The number of aryl methyl sites for hydroxylation is 2. The van der Waals surface area contributed by atoms with Crippen LogP contribution < -0.4 is 37.6 Å². The zero-order valence-electron chi connectivity index (χ0n) is 40.7. The number of carbonyl (C=O) groups excluding carboxylic acids is 2. The maximum Gasteiger partial charge on any atom is 0.242 e. The standard InChI is InChI=1S/C26H30N8OS.C25H29N9OS/c1-3-16-8-17(20-11-36-15-31-20)9-21(33-7-6-26(2,12-33)25(35)32-18-4-5-18)19(16)10-34-14-30-22-23(27)28-13-29-24(22)34;1-2-15-7-16(19-10-36-14-31-19)8-20(33-6-5-25(27,11-33)24(35)32-17-3-4-17)18(15)9-34-13-30-21-22(26)28-12-29-23(21)34/h8-9,11,13-15,18H,3-7,10,12H2,1-2H3,(H,32,35)(H2,27,28,29);7-8,10,12-14,17H,2-6,9,11,27H2,1H3,(H,32,35)(H2,26,28,29)/t26-;25-/m01/s1. The highest BCUT2D eigenvalue weighted by Crippen LogP contribution is 2.41. The van der Waals surface area contributed by atoms with Crippen LogP contribution >= 0.6 is 22.7 Å². The summed E-state index contributed by atoms with van der Waals surface area (Å²) >= 11 is 3.17. The van der Waals surface area contributed by atoms with Gasteiger partial charge in [0.25, 0.3) is 0 Å². The molecule has 19 nitrogen and oxygen atoms in total. The average molecular weight is 1010 g/mol. The number of carbonyl (C=O) groups is 2. The number of fused-ring (bicyclic) bond motifs is 2. The SMILES string of the molecule is CCc1cc(-c2cscn2)cc(N2CC[C@](C)(C(=O)NC3CC3)C2)c1Cn1cnc2c(N)ncnc21.CCc1cc(-c2cscn2)cc(N2CC[C@](N)(C(=O)NC3CC3)C2)c1Cn1cnc2c(N)ncnc21. The summed E-state index contributed by atoms with van der Waals surface area (Å²) in [5, 5.41) is 10.5. The third kappa shape index (κ3) is 9.31. The number of rotatable bonds is 14. The molecule has 2 aliphatic heterocycles. The average Bonchev–Trinajstić information content (AvgIpc) is 3.85. The summed E-state index contributed by atoms with van der Waals surface area (Å²) in [5.41, 5.74) is 34.9. The van der Waals surface area contributed by atoms with Gasteiger partial charge in [-0.3, -0.25) is 9.59 Å². The van der Waals surface area contributed by atoms with Crippen LogP contribution in [0.1, 0.15) is 81.5 Å². The first kappa shape index (κ1) is 47.2. The molecule has 372 valence electrons. The van der Waals surface area contributed by atoms with Crippen LogP contribution in [0.3, 0.4) is 0 Å². The number of nitrogen functional groups attached to an aromatic ring is 2. The van der Waals surface area contributed by atoms with E-state index in [0.717, 1.165) is 90.9 Å². The molecule has 8 N–H and O–H groups in total. The second kappa shape index (κ2) is 19.1. The van der Waals surface area contributed by atoms with Gasteiger partial charge in [0.05, 0.1) is 53.6 Å². The summed E-state index contributed by atoms with van der Waals surface area (Å²) in [5.74, 6) is 0.870. The molecule has 2 saturated carbocycles. The van der Waals surface area contributed by atoms with Crippen molar-refractivity contribution < 1.29 is 9.59 Å². The lowest BCUT2D eigenvalue weighted by Gasteiger charge is -2.28. The first-order valence-electron chi connectivity index (χ1n) is 24.7. The van der Waals surface area contributed by atoms with Crippen molar-refractivity contribution >= 4 is 79.8 Å². The first-order chi connectivity index (χ1) is 34.9. The van der Waals surface area contributed by atoms with Crippen molar-refractivity contribution in [2.75, 3.05) is 47.4 Å². The Bertz CT molecular complexity index is 3070. The van der Waals surface area contributed by atoms with E-state index in [9.17, 15) is 9.59 Å². The van der Waals surface area contributed by atoms with E-state index < -0.39 is 11.0 Å². The summed E-state index contributed by atoms with van der Waals surface area (Å²) in [6.45, 7) is 10.3. The van der Waals surface area contributed by atoms with Crippen molar-refractivity contribution in [1.82, 2.24) is 59.6 Å². The lowest BCUT2D eigenvalue weighted by molar-refractivity contribution is -0.129.